The van der Waals surface area contributed by atoms with Gasteiger partial charge in [0, 0.05) is 5.56 Å². The fourth-order valence-electron chi connectivity index (χ4n) is 2.41. The first kappa shape index (κ1) is 15.3. The van der Waals surface area contributed by atoms with Crippen LogP contribution < -0.4 is 10.1 Å². The lowest BCUT2D eigenvalue weighted by Crippen LogP contribution is -2.39. The topological polar surface area (TPSA) is 85.2 Å². The summed E-state index contributed by atoms with van der Waals surface area (Å²) in [6, 6.07) is 7.57. The smallest absolute Gasteiger partial charge is 0.324 e. The van der Waals surface area contributed by atoms with E-state index in [0.29, 0.717) is 13.1 Å². The number of tetrazole rings is 1. The Morgan fingerprint density at radius 1 is 1.39 bits per heavy atom. The molecule has 8 nitrogen and oxygen atoms in total. The van der Waals surface area contributed by atoms with Gasteiger partial charge in [0.25, 0.3) is 5.95 Å². The number of para-hydroxylation sites is 1. The molecule has 1 aromatic carbocycles. The van der Waals surface area contributed by atoms with Crippen molar-refractivity contribution < 1.29 is 9.53 Å². The van der Waals surface area contributed by atoms with Crippen molar-refractivity contribution in [3.05, 3.63) is 29.8 Å². The van der Waals surface area contributed by atoms with E-state index in [1.165, 1.54) is 4.80 Å². The number of hydrogen-bond donors (Lipinski definition) is 1. The summed E-state index contributed by atoms with van der Waals surface area (Å²) < 4.78 is 5.85. The van der Waals surface area contributed by atoms with Crippen molar-refractivity contribution in [2.45, 2.75) is 39.5 Å². The van der Waals surface area contributed by atoms with Crippen LogP contribution in [0.5, 0.6) is 5.75 Å². The minimum Gasteiger partial charge on any atom is -0.489 e. The molecule has 8 heteroatoms. The number of nitrogens with zero attached hydrogens (tertiary/aromatic N) is 5. The molecule has 3 rings (SSSR count). The number of carbonyl (C=O) groups excluding carboxylic acids is 1. The molecule has 0 bridgehead atoms. The number of nitrogens with one attached hydrogen (secondary N) is 1. The van der Waals surface area contributed by atoms with Crippen LogP contribution in [0.15, 0.2) is 24.3 Å². The fraction of sp³-hybridized carbons (Fsp3) is 0.467. The van der Waals surface area contributed by atoms with E-state index in [9.17, 15) is 4.79 Å². The van der Waals surface area contributed by atoms with Crippen LogP contribution in [0, 0.1) is 0 Å². The minimum atomic E-state index is -0.263. The van der Waals surface area contributed by atoms with E-state index < -0.39 is 0 Å². The molecule has 2 heterocycles. The van der Waals surface area contributed by atoms with Crippen LogP contribution in [0.2, 0.25) is 0 Å². The van der Waals surface area contributed by atoms with Gasteiger partial charge in [-0.25, -0.2) is 4.79 Å². The molecule has 2 aromatic rings. The molecule has 0 saturated heterocycles. The SMILES string of the molecule is CC1CN(C(=O)Nc2nnn(C(C)C)n2)Cc2ccccc2O1. The van der Waals surface area contributed by atoms with Gasteiger partial charge in [-0.05, 0) is 32.1 Å². The number of anilines is 1. The number of urea groups is 1. The maximum absolute atomic E-state index is 12.5. The van der Waals surface area contributed by atoms with Crippen molar-refractivity contribution in [3.63, 3.8) is 0 Å². The highest BCUT2D eigenvalue weighted by molar-refractivity contribution is 5.87. The first-order valence-corrected chi connectivity index (χ1v) is 7.63. The van der Waals surface area contributed by atoms with Gasteiger partial charge < -0.3 is 9.64 Å². The quantitative estimate of drug-likeness (QED) is 0.916. The molecule has 0 fully saturated rings. The highest BCUT2D eigenvalue weighted by Crippen LogP contribution is 2.24. The van der Waals surface area contributed by atoms with Crippen LogP contribution in [0.3, 0.4) is 0 Å². The zero-order valence-corrected chi connectivity index (χ0v) is 13.4. The lowest BCUT2D eigenvalue weighted by atomic mass is 10.2. The number of hydrogen-bond acceptors (Lipinski definition) is 5. The summed E-state index contributed by atoms with van der Waals surface area (Å²) in [6.45, 7) is 6.79. The maximum Gasteiger partial charge on any atom is 0.324 e. The molecule has 1 unspecified atom stereocenters. The Labute approximate surface area is 134 Å². The normalized spacial score (nSPS) is 17.4. The highest BCUT2D eigenvalue weighted by atomic mass is 16.5. The number of ether oxygens (including phenoxy) is 1. The van der Waals surface area contributed by atoms with Crippen LogP contribution in [-0.4, -0.2) is 43.8 Å². The second kappa shape index (κ2) is 6.23. The summed E-state index contributed by atoms with van der Waals surface area (Å²) in [5.41, 5.74) is 0.978. The molecule has 1 atom stereocenters. The van der Waals surface area contributed by atoms with Crippen LogP contribution in [-0.2, 0) is 6.54 Å². The number of aromatic nitrogens is 4. The standard InChI is InChI=1S/C15H20N6O2/c1-10(2)21-18-14(17-19-21)16-15(22)20-8-11(3)23-13-7-5-4-6-12(13)9-20/h4-7,10-11H,8-9H2,1-3H3,(H,16,18,22). The zero-order valence-electron chi connectivity index (χ0n) is 13.4. The Morgan fingerprint density at radius 2 is 2.17 bits per heavy atom. The van der Waals surface area contributed by atoms with E-state index in [0.717, 1.165) is 11.3 Å². The largest absolute Gasteiger partial charge is 0.489 e. The lowest BCUT2D eigenvalue weighted by molar-refractivity contribution is 0.166. The van der Waals surface area contributed by atoms with Crippen LogP contribution in [0.4, 0.5) is 10.7 Å². The van der Waals surface area contributed by atoms with E-state index in [4.69, 9.17) is 4.74 Å². The zero-order chi connectivity index (χ0) is 16.4. The Hall–Kier alpha value is -2.64. The highest BCUT2D eigenvalue weighted by Gasteiger charge is 2.24. The number of benzene rings is 1. The third kappa shape index (κ3) is 3.41. The Morgan fingerprint density at radius 3 is 2.91 bits per heavy atom. The number of amides is 2. The van der Waals surface area contributed by atoms with Crippen molar-refractivity contribution in [1.29, 1.82) is 0 Å². The van der Waals surface area contributed by atoms with Gasteiger partial charge in [0.2, 0.25) is 0 Å². The predicted octanol–water partition coefficient (Wildman–Crippen LogP) is 2.07. The van der Waals surface area contributed by atoms with E-state index >= 15 is 0 Å². The molecule has 1 aliphatic rings. The Kier molecular flexibility index (Phi) is 4.14. The molecular weight excluding hydrogens is 296 g/mol. The predicted molar refractivity (Wildman–Crippen MR) is 84.2 cm³/mol. The summed E-state index contributed by atoms with van der Waals surface area (Å²) in [6.07, 6.45) is -0.0938. The molecule has 1 aliphatic heterocycles. The van der Waals surface area contributed by atoms with Gasteiger partial charge in [0.1, 0.15) is 11.9 Å². The molecule has 0 spiro atoms. The monoisotopic (exact) mass is 316 g/mol. The van der Waals surface area contributed by atoms with Crippen LogP contribution in [0.1, 0.15) is 32.4 Å². The van der Waals surface area contributed by atoms with E-state index in [2.05, 4.69) is 20.7 Å². The van der Waals surface area contributed by atoms with Gasteiger partial charge >= 0.3 is 6.03 Å². The first-order valence-electron chi connectivity index (χ1n) is 7.63. The van der Waals surface area contributed by atoms with Crippen molar-refractivity contribution in [1.82, 2.24) is 25.1 Å². The Balaban J connectivity index is 1.73. The van der Waals surface area contributed by atoms with Crippen molar-refractivity contribution in [2.75, 3.05) is 11.9 Å². The average molecular weight is 316 g/mol. The number of rotatable bonds is 2. The Bertz CT molecular complexity index is 699. The van der Waals surface area contributed by atoms with Gasteiger partial charge in [0.15, 0.2) is 0 Å². The lowest BCUT2D eigenvalue weighted by Gasteiger charge is -2.21. The number of fused-ring (bicyclic) bond motifs is 1. The fourth-order valence-corrected chi connectivity index (χ4v) is 2.41. The molecule has 2 amide bonds. The van der Waals surface area contributed by atoms with Crippen molar-refractivity contribution in [2.24, 2.45) is 0 Å². The molecule has 122 valence electrons. The molecule has 0 saturated carbocycles. The average Bonchev–Trinajstić information content (AvgIpc) is 2.89. The summed E-state index contributed by atoms with van der Waals surface area (Å²) in [4.78, 5) is 15.6. The maximum atomic E-state index is 12.5. The first-order chi connectivity index (χ1) is 11.0. The van der Waals surface area contributed by atoms with Gasteiger partial charge in [-0.3, -0.25) is 5.32 Å². The minimum absolute atomic E-state index is 0.0895. The molecule has 23 heavy (non-hydrogen) atoms. The van der Waals surface area contributed by atoms with E-state index in [1.54, 1.807) is 4.90 Å². The molecule has 1 N–H and O–H groups in total. The van der Waals surface area contributed by atoms with Gasteiger partial charge in [0.05, 0.1) is 19.1 Å². The second-order valence-corrected chi connectivity index (χ2v) is 5.87. The van der Waals surface area contributed by atoms with E-state index in [1.807, 2.05) is 45.0 Å². The summed E-state index contributed by atoms with van der Waals surface area (Å²) in [5.74, 6) is 1.02. The van der Waals surface area contributed by atoms with Crippen LogP contribution >= 0.6 is 0 Å². The molecule has 1 aromatic heterocycles. The van der Waals surface area contributed by atoms with E-state index in [-0.39, 0.29) is 24.1 Å². The summed E-state index contributed by atoms with van der Waals surface area (Å²) in [7, 11) is 0. The molecule has 0 radical (unpaired) electrons. The summed E-state index contributed by atoms with van der Waals surface area (Å²) >= 11 is 0. The number of carbonyl (C=O) groups is 1. The molecular formula is C15H20N6O2. The van der Waals surface area contributed by atoms with Crippen LogP contribution in [0.25, 0.3) is 0 Å². The van der Waals surface area contributed by atoms with Gasteiger partial charge in [-0.15, -0.1) is 5.10 Å². The van der Waals surface area contributed by atoms with Gasteiger partial charge in [-0.2, -0.15) is 4.80 Å². The van der Waals surface area contributed by atoms with Crippen molar-refractivity contribution >= 4 is 12.0 Å². The third-order valence-corrected chi connectivity index (χ3v) is 3.54. The van der Waals surface area contributed by atoms with Gasteiger partial charge in [-0.1, -0.05) is 23.3 Å². The van der Waals surface area contributed by atoms with Crippen molar-refractivity contribution in [3.8, 4) is 5.75 Å². The summed E-state index contributed by atoms with van der Waals surface area (Å²) in [5, 5.41) is 14.6. The molecule has 0 aliphatic carbocycles. The second-order valence-electron chi connectivity index (χ2n) is 5.87. The third-order valence-electron chi connectivity index (χ3n) is 3.54.